The van der Waals surface area contributed by atoms with Crippen molar-refractivity contribution in [2.24, 2.45) is 0 Å². The van der Waals surface area contributed by atoms with E-state index in [1.54, 1.807) is 17.0 Å². The molecule has 7 nitrogen and oxygen atoms in total. The second kappa shape index (κ2) is 4.47. The fourth-order valence-corrected chi connectivity index (χ4v) is 2.94. The molecule has 2 aliphatic rings. The van der Waals surface area contributed by atoms with Crippen molar-refractivity contribution in [2.45, 2.75) is 18.9 Å². The number of benzene rings is 1. The molecule has 0 radical (unpaired) electrons. The quantitative estimate of drug-likeness (QED) is 0.500. The van der Waals surface area contributed by atoms with E-state index >= 15 is 0 Å². The molecule has 1 aromatic rings. The van der Waals surface area contributed by atoms with Crippen LogP contribution in [0.25, 0.3) is 0 Å². The molecule has 0 aromatic heterocycles. The van der Waals surface area contributed by atoms with Crippen molar-refractivity contribution in [3.05, 3.63) is 29.3 Å². The van der Waals surface area contributed by atoms with Crippen LogP contribution in [0.3, 0.4) is 0 Å². The molecule has 2 fully saturated rings. The predicted molar refractivity (Wildman–Crippen MR) is 75.5 cm³/mol. The Labute approximate surface area is 121 Å². The molecule has 0 bridgehead atoms. The lowest BCUT2D eigenvalue weighted by Gasteiger charge is -2.22. The third-order valence-electron chi connectivity index (χ3n) is 4.09. The number of carbonyl (C=O) groups is 3. The number of nitrogens with one attached hydrogen (secondary N) is 2. The van der Waals surface area contributed by atoms with Crippen LogP contribution in [0, 0.1) is 6.92 Å². The van der Waals surface area contributed by atoms with Crippen molar-refractivity contribution in [2.75, 3.05) is 18.8 Å². The van der Waals surface area contributed by atoms with Crippen LogP contribution in [0.5, 0.6) is 0 Å². The van der Waals surface area contributed by atoms with Gasteiger partial charge in [-0.25, -0.2) is 4.79 Å². The van der Waals surface area contributed by atoms with Crippen LogP contribution in [0.2, 0.25) is 0 Å². The summed E-state index contributed by atoms with van der Waals surface area (Å²) in [6, 6.07) is 4.78. The zero-order valence-electron chi connectivity index (χ0n) is 11.6. The van der Waals surface area contributed by atoms with Gasteiger partial charge in [-0.15, -0.1) is 0 Å². The first-order chi connectivity index (χ1) is 9.93. The molecule has 0 aliphatic carbocycles. The van der Waals surface area contributed by atoms with Gasteiger partial charge < -0.3 is 16.0 Å². The van der Waals surface area contributed by atoms with Gasteiger partial charge in [0.25, 0.3) is 11.8 Å². The highest BCUT2D eigenvalue weighted by Gasteiger charge is 2.51. The Bertz CT molecular complexity index is 637. The van der Waals surface area contributed by atoms with Crippen molar-refractivity contribution >= 4 is 23.5 Å². The standard InChI is InChI=1S/C14H16N4O3/c1-8-3-2-4-9(15)10(8)11(19)18-6-5-14(7-18)12(20)16-13(21)17-14/h2-4H,5-7,15H2,1H3,(H2,16,17,20,21). The number of nitrogens with two attached hydrogens (primary N) is 1. The van der Waals surface area contributed by atoms with E-state index in [-0.39, 0.29) is 18.4 Å². The lowest BCUT2D eigenvalue weighted by Crippen LogP contribution is -2.49. The van der Waals surface area contributed by atoms with Gasteiger partial charge in [-0.2, -0.15) is 0 Å². The molecule has 1 aromatic carbocycles. The van der Waals surface area contributed by atoms with Crippen LogP contribution < -0.4 is 16.4 Å². The number of carbonyl (C=O) groups excluding carboxylic acids is 3. The van der Waals surface area contributed by atoms with Crippen LogP contribution in [-0.4, -0.2) is 41.4 Å². The Morgan fingerprint density at radius 3 is 2.76 bits per heavy atom. The van der Waals surface area contributed by atoms with Crippen LogP contribution in [0.1, 0.15) is 22.3 Å². The highest BCUT2D eigenvalue weighted by molar-refractivity contribution is 6.08. The summed E-state index contributed by atoms with van der Waals surface area (Å²) in [6.07, 6.45) is 0.405. The number of nitrogen functional groups attached to an aromatic ring is 1. The molecule has 1 unspecified atom stereocenters. The lowest BCUT2D eigenvalue weighted by atomic mass is 9.99. The van der Waals surface area contributed by atoms with Crippen molar-refractivity contribution in [3.8, 4) is 0 Å². The number of anilines is 1. The summed E-state index contributed by atoms with van der Waals surface area (Å²) < 4.78 is 0. The second-order valence-electron chi connectivity index (χ2n) is 5.51. The molecule has 1 spiro atoms. The van der Waals surface area contributed by atoms with Crippen molar-refractivity contribution in [1.82, 2.24) is 15.5 Å². The molecular weight excluding hydrogens is 272 g/mol. The number of hydrogen-bond donors (Lipinski definition) is 3. The largest absolute Gasteiger partial charge is 0.398 e. The van der Waals surface area contributed by atoms with E-state index in [4.69, 9.17) is 5.73 Å². The van der Waals surface area contributed by atoms with Crippen LogP contribution in [-0.2, 0) is 4.79 Å². The zero-order valence-corrected chi connectivity index (χ0v) is 11.6. The fraction of sp³-hybridized carbons (Fsp3) is 0.357. The Balaban J connectivity index is 1.85. The number of nitrogens with zero attached hydrogens (tertiary/aromatic N) is 1. The van der Waals surface area contributed by atoms with E-state index in [0.717, 1.165) is 5.56 Å². The molecule has 2 saturated heterocycles. The highest BCUT2D eigenvalue weighted by atomic mass is 16.2. The Morgan fingerprint density at radius 2 is 2.14 bits per heavy atom. The highest BCUT2D eigenvalue weighted by Crippen LogP contribution is 2.28. The van der Waals surface area contributed by atoms with Crippen molar-refractivity contribution in [1.29, 1.82) is 0 Å². The molecule has 21 heavy (non-hydrogen) atoms. The molecule has 2 aliphatic heterocycles. The molecule has 110 valence electrons. The lowest BCUT2D eigenvalue weighted by molar-refractivity contribution is -0.123. The first-order valence-electron chi connectivity index (χ1n) is 6.71. The maximum Gasteiger partial charge on any atom is 0.322 e. The van der Waals surface area contributed by atoms with E-state index in [0.29, 0.717) is 24.2 Å². The summed E-state index contributed by atoms with van der Waals surface area (Å²) in [5.41, 5.74) is 6.56. The molecule has 7 heteroatoms. The molecule has 0 saturated carbocycles. The maximum atomic E-state index is 12.6. The number of amides is 4. The van der Waals surface area contributed by atoms with E-state index < -0.39 is 11.6 Å². The number of likely N-dealkylation sites (tertiary alicyclic amines) is 1. The molecule has 4 N–H and O–H groups in total. The first kappa shape index (κ1) is 13.4. The summed E-state index contributed by atoms with van der Waals surface area (Å²) in [7, 11) is 0. The molecule has 2 heterocycles. The summed E-state index contributed by atoms with van der Waals surface area (Å²) in [5, 5.41) is 4.84. The average Bonchev–Trinajstić information content (AvgIpc) is 2.94. The molecule has 1 atom stereocenters. The summed E-state index contributed by atoms with van der Waals surface area (Å²) in [4.78, 5) is 37.4. The SMILES string of the molecule is Cc1cccc(N)c1C(=O)N1CCC2(C1)NC(=O)NC2=O. The number of aryl methyl sites for hydroxylation is 1. The van der Waals surface area contributed by atoms with Crippen LogP contribution in [0.15, 0.2) is 18.2 Å². The van der Waals surface area contributed by atoms with E-state index in [2.05, 4.69) is 10.6 Å². The van der Waals surface area contributed by atoms with Gasteiger partial charge in [0.1, 0.15) is 5.54 Å². The average molecular weight is 288 g/mol. The number of urea groups is 1. The minimum Gasteiger partial charge on any atom is -0.398 e. The summed E-state index contributed by atoms with van der Waals surface area (Å²) >= 11 is 0. The minimum atomic E-state index is -0.996. The van der Waals surface area contributed by atoms with E-state index in [9.17, 15) is 14.4 Å². The fourth-order valence-electron chi connectivity index (χ4n) is 2.94. The second-order valence-corrected chi connectivity index (χ2v) is 5.51. The van der Waals surface area contributed by atoms with Gasteiger partial charge in [0, 0.05) is 12.2 Å². The third kappa shape index (κ3) is 2.01. The maximum absolute atomic E-state index is 12.6. The van der Waals surface area contributed by atoms with Crippen molar-refractivity contribution < 1.29 is 14.4 Å². The number of rotatable bonds is 1. The Kier molecular flexibility index (Phi) is 2.86. The Morgan fingerprint density at radius 1 is 1.38 bits per heavy atom. The normalized spacial score (nSPS) is 24.3. The van der Waals surface area contributed by atoms with Gasteiger partial charge in [0.05, 0.1) is 12.1 Å². The van der Waals surface area contributed by atoms with Gasteiger partial charge in [-0.3, -0.25) is 14.9 Å². The van der Waals surface area contributed by atoms with Gasteiger partial charge in [-0.1, -0.05) is 12.1 Å². The monoisotopic (exact) mass is 288 g/mol. The smallest absolute Gasteiger partial charge is 0.322 e. The molecular formula is C14H16N4O3. The predicted octanol–water partition coefficient (Wildman–Crippen LogP) is 0.00132. The Hall–Kier alpha value is -2.57. The van der Waals surface area contributed by atoms with Gasteiger partial charge in [-0.05, 0) is 25.0 Å². The van der Waals surface area contributed by atoms with Gasteiger partial charge in [0.15, 0.2) is 0 Å². The molecule has 3 rings (SSSR count). The topological polar surface area (TPSA) is 105 Å². The molecule has 4 amide bonds. The van der Waals surface area contributed by atoms with Gasteiger partial charge >= 0.3 is 6.03 Å². The summed E-state index contributed by atoms with van der Waals surface area (Å²) in [5.74, 6) is -0.586. The third-order valence-corrected chi connectivity index (χ3v) is 4.09. The number of imide groups is 1. The minimum absolute atomic E-state index is 0.164. The van der Waals surface area contributed by atoms with E-state index in [1.165, 1.54) is 0 Å². The van der Waals surface area contributed by atoms with Crippen molar-refractivity contribution in [3.63, 3.8) is 0 Å². The van der Waals surface area contributed by atoms with Gasteiger partial charge in [0.2, 0.25) is 0 Å². The van der Waals surface area contributed by atoms with Crippen LogP contribution in [0.4, 0.5) is 10.5 Å². The van der Waals surface area contributed by atoms with Crippen LogP contribution >= 0.6 is 0 Å². The number of hydrogen-bond acceptors (Lipinski definition) is 4. The first-order valence-corrected chi connectivity index (χ1v) is 6.71. The zero-order chi connectivity index (χ0) is 15.2. The summed E-state index contributed by atoms with van der Waals surface area (Å²) in [6.45, 7) is 2.39. The van der Waals surface area contributed by atoms with E-state index in [1.807, 2.05) is 13.0 Å².